The van der Waals surface area contributed by atoms with E-state index in [1.54, 1.807) is 7.11 Å². The Bertz CT molecular complexity index is 357. The molecule has 0 atom stereocenters. The van der Waals surface area contributed by atoms with Crippen molar-refractivity contribution in [3.05, 3.63) is 35.9 Å². The summed E-state index contributed by atoms with van der Waals surface area (Å²) in [5.74, 6) is -0.0542. The zero-order chi connectivity index (χ0) is 13.9. The Kier molecular flexibility index (Phi) is 7.81. The smallest absolute Gasteiger partial charge is 0.234 e. The molecule has 106 valence electrons. The van der Waals surface area contributed by atoms with Crippen LogP contribution in [0.3, 0.4) is 0 Å². The van der Waals surface area contributed by atoms with Gasteiger partial charge >= 0.3 is 0 Å². The van der Waals surface area contributed by atoms with Gasteiger partial charge in [-0.3, -0.25) is 9.69 Å². The third kappa shape index (κ3) is 6.91. The summed E-state index contributed by atoms with van der Waals surface area (Å²) in [6.07, 6.45) is 0. The summed E-state index contributed by atoms with van der Waals surface area (Å²) in [5.41, 5.74) is 1.13. The van der Waals surface area contributed by atoms with E-state index in [0.29, 0.717) is 26.2 Å². The van der Waals surface area contributed by atoms with Crippen molar-refractivity contribution in [2.75, 3.05) is 40.0 Å². The van der Waals surface area contributed by atoms with Crippen molar-refractivity contribution in [2.24, 2.45) is 0 Å². The first kappa shape index (κ1) is 15.6. The van der Waals surface area contributed by atoms with E-state index in [2.05, 4.69) is 5.32 Å². The molecule has 0 aliphatic rings. The minimum Gasteiger partial charge on any atom is -0.395 e. The van der Waals surface area contributed by atoms with Crippen molar-refractivity contribution in [3.63, 3.8) is 0 Å². The number of rotatable bonds is 9. The fourth-order valence-corrected chi connectivity index (χ4v) is 1.75. The minimum atomic E-state index is -0.0542. The molecule has 5 nitrogen and oxygen atoms in total. The monoisotopic (exact) mass is 266 g/mol. The van der Waals surface area contributed by atoms with Gasteiger partial charge in [0.05, 0.1) is 19.8 Å². The topological polar surface area (TPSA) is 61.8 Å². The molecule has 0 aromatic heterocycles. The SMILES string of the molecule is COCCNC(=O)CN(CCO)Cc1ccccc1. The number of benzene rings is 1. The number of hydrogen-bond acceptors (Lipinski definition) is 4. The predicted octanol–water partition coefficient (Wildman–Crippen LogP) is 0.244. The molecule has 0 saturated heterocycles. The van der Waals surface area contributed by atoms with Crippen LogP contribution >= 0.6 is 0 Å². The molecule has 0 bridgehead atoms. The minimum absolute atomic E-state index is 0.0399. The maximum atomic E-state index is 11.7. The third-order valence-electron chi connectivity index (χ3n) is 2.66. The Labute approximate surface area is 114 Å². The van der Waals surface area contributed by atoms with Gasteiger partial charge < -0.3 is 15.2 Å². The Hall–Kier alpha value is -1.43. The highest BCUT2D eigenvalue weighted by molar-refractivity contribution is 5.77. The maximum absolute atomic E-state index is 11.7. The molecular formula is C14H22N2O3. The summed E-state index contributed by atoms with van der Waals surface area (Å²) in [5, 5.41) is 11.8. The van der Waals surface area contributed by atoms with Crippen molar-refractivity contribution in [3.8, 4) is 0 Å². The van der Waals surface area contributed by atoms with E-state index >= 15 is 0 Å². The van der Waals surface area contributed by atoms with Gasteiger partial charge in [-0.25, -0.2) is 0 Å². The van der Waals surface area contributed by atoms with Crippen LogP contribution in [0.25, 0.3) is 0 Å². The lowest BCUT2D eigenvalue weighted by molar-refractivity contribution is -0.122. The predicted molar refractivity (Wildman–Crippen MR) is 73.7 cm³/mol. The lowest BCUT2D eigenvalue weighted by atomic mass is 10.2. The van der Waals surface area contributed by atoms with Gasteiger partial charge in [0.2, 0.25) is 5.91 Å². The second-order valence-electron chi connectivity index (χ2n) is 4.26. The highest BCUT2D eigenvalue weighted by Gasteiger charge is 2.10. The highest BCUT2D eigenvalue weighted by atomic mass is 16.5. The number of nitrogens with zero attached hydrogens (tertiary/aromatic N) is 1. The van der Waals surface area contributed by atoms with Crippen molar-refractivity contribution < 1.29 is 14.6 Å². The number of amides is 1. The number of nitrogens with one attached hydrogen (secondary N) is 1. The lowest BCUT2D eigenvalue weighted by Gasteiger charge is -2.20. The maximum Gasteiger partial charge on any atom is 0.234 e. The first-order valence-electron chi connectivity index (χ1n) is 6.39. The lowest BCUT2D eigenvalue weighted by Crippen LogP contribution is -2.39. The van der Waals surface area contributed by atoms with Crippen LogP contribution in [0, 0.1) is 0 Å². The average molecular weight is 266 g/mol. The summed E-state index contributed by atoms with van der Waals surface area (Å²) in [6.45, 7) is 2.46. The second kappa shape index (κ2) is 9.49. The van der Waals surface area contributed by atoms with E-state index in [9.17, 15) is 4.79 Å². The largest absolute Gasteiger partial charge is 0.395 e. The standard InChI is InChI=1S/C14H22N2O3/c1-19-10-7-15-14(18)12-16(8-9-17)11-13-5-3-2-4-6-13/h2-6,17H,7-12H2,1H3,(H,15,18). The number of carbonyl (C=O) groups excluding carboxylic acids is 1. The Morgan fingerprint density at radius 3 is 2.74 bits per heavy atom. The molecule has 0 fully saturated rings. The molecule has 0 heterocycles. The normalized spacial score (nSPS) is 10.7. The Morgan fingerprint density at radius 1 is 1.37 bits per heavy atom. The fraction of sp³-hybridized carbons (Fsp3) is 0.500. The van der Waals surface area contributed by atoms with Gasteiger partial charge in [-0.05, 0) is 5.56 Å². The van der Waals surface area contributed by atoms with Crippen LogP contribution in [0.4, 0.5) is 0 Å². The number of ether oxygens (including phenoxy) is 1. The van der Waals surface area contributed by atoms with E-state index < -0.39 is 0 Å². The highest BCUT2D eigenvalue weighted by Crippen LogP contribution is 2.03. The van der Waals surface area contributed by atoms with Crippen LogP contribution in [-0.4, -0.2) is 55.9 Å². The van der Waals surface area contributed by atoms with Crippen LogP contribution in [0.5, 0.6) is 0 Å². The van der Waals surface area contributed by atoms with Gasteiger partial charge in [-0.2, -0.15) is 0 Å². The zero-order valence-corrected chi connectivity index (χ0v) is 11.3. The number of aliphatic hydroxyl groups excluding tert-OH is 1. The first-order valence-corrected chi connectivity index (χ1v) is 6.39. The molecule has 0 aliphatic carbocycles. The van der Waals surface area contributed by atoms with E-state index in [1.165, 1.54) is 0 Å². The molecule has 1 rings (SSSR count). The van der Waals surface area contributed by atoms with Crippen LogP contribution in [0.15, 0.2) is 30.3 Å². The summed E-state index contributed by atoms with van der Waals surface area (Å²) in [6, 6.07) is 9.90. The molecule has 0 spiro atoms. The van der Waals surface area contributed by atoms with E-state index in [0.717, 1.165) is 5.56 Å². The summed E-state index contributed by atoms with van der Waals surface area (Å²) < 4.78 is 4.87. The molecule has 0 aliphatic heterocycles. The Balaban J connectivity index is 2.41. The van der Waals surface area contributed by atoms with Gasteiger partial charge in [-0.1, -0.05) is 30.3 Å². The first-order chi connectivity index (χ1) is 9.26. The van der Waals surface area contributed by atoms with Gasteiger partial charge in [0.25, 0.3) is 0 Å². The van der Waals surface area contributed by atoms with Gasteiger partial charge in [-0.15, -0.1) is 0 Å². The summed E-state index contributed by atoms with van der Waals surface area (Å²) >= 11 is 0. The van der Waals surface area contributed by atoms with E-state index in [-0.39, 0.29) is 19.1 Å². The van der Waals surface area contributed by atoms with Crippen LogP contribution in [0.1, 0.15) is 5.56 Å². The molecule has 0 radical (unpaired) electrons. The molecule has 1 aromatic rings. The van der Waals surface area contributed by atoms with Gasteiger partial charge in [0.15, 0.2) is 0 Å². The average Bonchev–Trinajstić information content (AvgIpc) is 2.40. The zero-order valence-electron chi connectivity index (χ0n) is 11.3. The van der Waals surface area contributed by atoms with Crippen molar-refractivity contribution >= 4 is 5.91 Å². The summed E-state index contributed by atoms with van der Waals surface area (Å²) in [4.78, 5) is 13.6. The molecule has 1 amide bonds. The van der Waals surface area contributed by atoms with E-state index in [4.69, 9.17) is 9.84 Å². The van der Waals surface area contributed by atoms with Crippen LogP contribution in [-0.2, 0) is 16.1 Å². The van der Waals surface area contributed by atoms with Gasteiger partial charge in [0, 0.05) is 26.7 Å². The fourth-order valence-electron chi connectivity index (χ4n) is 1.75. The number of methoxy groups -OCH3 is 1. The molecular weight excluding hydrogens is 244 g/mol. The van der Waals surface area contributed by atoms with Crippen molar-refractivity contribution in [1.29, 1.82) is 0 Å². The number of carbonyl (C=O) groups is 1. The second-order valence-corrected chi connectivity index (χ2v) is 4.26. The number of aliphatic hydroxyl groups is 1. The third-order valence-corrected chi connectivity index (χ3v) is 2.66. The van der Waals surface area contributed by atoms with Crippen molar-refractivity contribution in [2.45, 2.75) is 6.54 Å². The molecule has 5 heteroatoms. The Morgan fingerprint density at radius 2 is 2.11 bits per heavy atom. The molecule has 0 unspecified atom stereocenters. The van der Waals surface area contributed by atoms with E-state index in [1.807, 2.05) is 35.2 Å². The van der Waals surface area contributed by atoms with Crippen LogP contribution < -0.4 is 5.32 Å². The van der Waals surface area contributed by atoms with Crippen LogP contribution in [0.2, 0.25) is 0 Å². The summed E-state index contributed by atoms with van der Waals surface area (Å²) in [7, 11) is 1.60. The van der Waals surface area contributed by atoms with Crippen molar-refractivity contribution in [1.82, 2.24) is 10.2 Å². The quantitative estimate of drug-likeness (QED) is 0.629. The number of hydrogen-bond donors (Lipinski definition) is 2. The molecule has 2 N–H and O–H groups in total. The van der Waals surface area contributed by atoms with Gasteiger partial charge in [0.1, 0.15) is 0 Å². The molecule has 0 saturated carbocycles. The molecule has 1 aromatic carbocycles. The molecule has 19 heavy (non-hydrogen) atoms.